The summed E-state index contributed by atoms with van der Waals surface area (Å²) < 4.78 is 5.79. The third kappa shape index (κ3) is 6.20. The Labute approximate surface area is 148 Å². The molecule has 0 radical (unpaired) electrons. The van der Waals surface area contributed by atoms with Gasteiger partial charge in [0.2, 0.25) is 0 Å². The van der Waals surface area contributed by atoms with Gasteiger partial charge in [-0.15, -0.1) is 11.3 Å². The van der Waals surface area contributed by atoms with Crippen LogP contribution in [0, 0.1) is 13.8 Å². The lowest BCUT2D eigenvalue weighted by Gasteiger charge is -2.12. The van der Waals surface area contributed by atoms with Gasteiger partial charge in [0.1, 0.15) is 12.4 Å². The average Bonchev–Trinajstić information content (AvgIpc) is 2.98. The molecule has 1 heterocycles. The maximum atomic E-state index is 5.79. The van der Waals surface area contributed by atoms with Gasteiger partial charge in [-0.1, -0.05) is 18.2 Å². The molecule has 1 aromatic heterocycles. The Hall–Kier alpha value is -2.08. The van der Waals surface area contributed by atoms with Crippen molar-refractivity contribution in [2.24, 2.45) is 4.99 Å². The second-order valence-corrected chi connectivity index (χ2v) is 6.74. The standard InChI is InChI=1S/C18H26N4OS/c1-4-19-18(20-10-9-17-22-13-15(3)24-17)21-11-12-23-16-8-6-5-7-14(16)2/h5-8,13H,4,9-12H2,1-3H3,(H2,19,20,21). The first-order valence-corrected chi connectivity index (χ1v) is 9.12. The fourth-order valence-corrected chi connectivity index (χ4v) is 2.95. The molecule has 0 aliphatic carbocycles. The highest BCUT2D eigenvalue weighted by molar-refractivity contribution is 7.11. The summed E-state index contributed by atoms with van der Waals surface area (Å²) in [6, 6.07) is 8.04. The third-order valence-electron chi connectivity index (χ3n) is 3.35. The van der Waals surface area contributed by atoms with Crippen molar-refractivity contribution in [1.29, 1.82) is 0 Å². The summed E-state index contributed by atoms with van der Waals surface area (Å²) in [6.45, 7) is 9.05. The Morgan fingerprint density at radius 1 is 1.25 bits per heavy atom. The van der Waals surface area contributed by atoms with Crippen LogP contribution < -0.4 is 15.4 Å². The largest absolute Gasteiger partial charge is 0.491 e. The van der Waals surface area contributed by atoms with Crippen LogP contribution in [0.5, 0.6) is 5.75 Å². The number of para-hydroxylation sites is 1. The van der Waals surface area contributed by atoms with Crippen LogP contribution in [0.15, 0.2) is 35.5 Å². The summed E-state index contributed by atoms with van der Waals surface area (Å²) in [5.74, 6) is 1.75. The molecular weight excluding hydrogens is 320 g/mol. The quantitative estimate of drug-likeness (QED) is 0.438. The van der Waals surface area contributed by atoms with E-state index in [0.29, 0.717) is 13.2 Å². The normalized spacial score (nSPS) is 11.4. The molecule has 0 saturated carbocycles. The van der Waals surface area contributed by atoms with Crippen molar-refractivity contribution in [1.82, 2.24) is 15.6 Å². The van der Waals surface area contributed by atoms with Gasteiger partial charge in [-0.25, -0.2) is 4.98 Å². The Kier molecular flexibility index (Phi) is 7.55. The first-order valence-electron chi connectivity index (χ1n) is 8.31. The fraction of sp³-hybridized carbons (Fsp3) is 0.444. The van der Waals surface area contributed by atoms with Gasteiger partial charge < -0.3 is 15.4 Å². The molecule has 2 aromatic rings. The molecule has 0 fully saturated rings. The van der Waals surface area contributed by atoms with E-state index in [1.54, 1.807) is 11.3 Å². The molecule has 24 heavy (non-hydrogen) atoms. The van der Waals surface area contributed by atoms with Crippen molar-refractivity contribution in [3.05, 3.63) is 45.9 Å². The molecule has 2 N–H and O–H groups in total. The maximum absolute atomic E-state index is 5.79. The molecule has 0 aliphatic heterocycles. The van der Waals surface area contributed by atoms with E-state index >= 15 is 0 Å². The number of rotatable bonds is 8. The van der Waals surface area contributed by atoms with Gasteiger partial charge >= 0.3 is 0 Å². The summed E-state index contributed by atoms with van der Waals surface area (Å²) in [5.41, 5.74) is 1.15. The van der Waals surface area contributed by atoms with Gasteiger partial charge in [-0.3, -0.25) is 4.99 Å². The Balaban J connectivity index is 1.73. The van der Waals surface area contributed by atoms with Crippen molar-refractivity contribution in [3.8, 4) is 5.75 Å². The van der Waals surface area contributed by atoms with Crippen LogP contribution in [0.1, 0.15) is 22.4 Å². The van der Waals surface area contributed by atoms with Crippen molar-refractivity contribution in [3.63, 3.8) is 0 Å². The summed E-state index contributed by atoms with van der Waals surface area (Å²) in [5, 5.41) is 7.68. The van der Waals surface area contributed by atoms with E-state index in [1.807, 2.05) is 24.4 Å². The number of nitrogens with zero attached hydrogens (tertiary/aromatic N) is 2. The summed E-state index contributed by atoms with van der Waals surface area (Å²) in [6.07, 6.45) is 2.78. The molecule has 6 heteroatoms. The number of hydrogen-bond acceptors (Lipinski definition) is 4. The molecule has 1 aromatic carbocycles. The minimum Gasteiger partial charge on any atom is -0.491 e. The van der Waals surface area contributed by atoms with E-state index in [0.717, 1.165) is 41.8 Å². The van der Waals surface area contributed by atoms with Crippen LogP contribution in [0.25, 0.3) is 0 Å². The first-order chi connectivity index (χ1) is 11.7. The van der Waals surface area contributed by atoms with E-state index in [4.69, 9.17) is 4.74 Å². The number of hydrogen-bond donors (Lipinski definition) is 2. The van der Waals surface area contributed by atoms with Crippen molar-refractivity contribution in [2.75, 3.05) is 26.2 Å². The van der Waals surface area contributed by atoms with E-state index < -0.39 is 0 Å². The molecule has 0 atom stereocenters. The zero-order chi connectivity index (χ0) is 17.2. The van der Waals surface area contributed by atoms with Gasteiger partial charge in [0.05, 0.1) is 11.6 Å². The molecule has 0 saturated heterocycles. The third-order valence-corrected chi connectivity index (χ3v) is 4.33. The van der Waals surface area contributed by atoms with Crippen LogP contribution >= 0.6 is 11.3 Å². The van der Waals surface area contributed by atoms with Crippen molar-refractivity contribution in [2.45, 2.75) is 27.2 Å². The highest BCUT2D eigenvalue weighted by Crippen LogP contribution is 2.15. The molecule has 0 unspecified atom stereocenters. The molecule has 0 aliphatic rings. The fourth-order valence-electron chi connectivity index (χ4n) is 2.17. The van der Waals surface area contributed by atoms with E-state index in [-0.39, 0.29) is 0 Å². The summed E-state index contributed by atoms with van der Waals surface area (Å²) in [4.78, 5) is 10.2. The molecule has 0 bridgehead atoms. The lowest BCUT2D eigenvalue weighted by molar-refractivity contribution is 0.320. The number of aromatic nitrogens is 1. The molecular formula is C18H26N4OS. The van der Waals surface area contributed by atoms with Crippen LogP contribution in [-0.4, -0.2) is 37.2 Å². The molecule has 130 valence electrons. The summed E-state index contributed by atoms with van der Waals surface area (Å²) >= 11 is 1.73. The topological polar surface area (TPSA) is 58.5 Å². The highest BCUT2D eigenvalue weighted by atomic mass is 32.1. The SMILES string of the molecule is CCNC(=NCCc1ncc(C)s1)NCCOc1ccccc1C. The van der Waals surface area contributed by atoms with Gasteiger partial charge in [-0.2, -0.15) is 0 Å². The van der Waals surface area contributed by atoms with E-state index in [9.17, 15) is 0 Å². The van der Waals surface area contributed by atoms with E-state index in [1.165, 1.54) is 4.88 Å². The van der Waals surface area contributed by atoms with Crippen LogP contribution in [0.4, 0.5) is 0 Å². The van der Waals surface area contributed by atoms with Crippen LogP contribution in [0.2, 0.25) is 0 Å². The first kappa shape index (κ1) is 18.3. The number of ether oxygens (including phenoxy) is 1. The van der Waals surface area contributed by atoms with Gasteiger partial charge in [-0.05, 0) is 32.4 Å². The molecule has 2 rings (SSSR count). The molecule has 0 spiro atoms. The monoisotopic (exact) mass is 346 g/mol. The summed E-state index contributed by atoms with van der Waals surface area (Å²) in [7, 11) is 0. The lowest BCUT2D eigenvalue weighted by atomic mass is 10.2. The Bertz CT molecular complexity index is 654. The number of benzene rings is 1. The minimum atomic E-state index is 0.598. The second-order valence-electron chi connectivity index (χ2n) is 5.42. The number of aliphatic imine (C=N–C) groups is 1. The number of guanidine groups is 1. The van der Waals surface area contributed by atoms with Crippen LogP contribution in [-0.2, 0) is 6.42 Å². The van der Waals surface area contributed by atoms with Crippen LogP contribution in [0.3, 0.4) is 0 Å². The van der Waals surface area contributed by atoms with E-state index in [2.05, 4.69) is 47.4 Å². The van der Waals surface area contributed by atoms with Gasteiger partial charge in [0.15, 0.2) is 5.96 Å². The second kappa shape index (κ2) is 9.93. The van der Waals surface area contributed by atoms with Crippen molar-refractivity contribution >= 4 is 17.3 Å². The number of thiazole rings is 1. The van der Waals surface area contributed by atoms with Gasteiger partial charge in [0.25, 0.3) is 0 Å². The maximum Gasteiger partial charge on any atom is 0.191 e. The zero-order valence-electron chi connectivity index (χ0n) is 14.6. The predicted octanol–water partition coefficient (Wildman–Crippen LogP) is 2.94. The highest BCUT2D eigenvalue weighted by Gasteiger charge is 2.01. The van der Waals surface area contributed by atoms with Gasteiger partial charge in [0, 0.05) is 30.6 Å². The zero-order valence-corrected chi connectivity index (χ0v) is 15.4. The number of nitrogens with one attached hydrogen (secondary N) is 2. The Morgan fingerprint density at radius 2 is 2.08 bits per heavy atom. The lowest BCUT2D eigenvalue weighted by Crippen LogP contribution is -2.39. The number of aryl methyl sites for hydroxylation is 2. The smallest absolute Gasteiger partial charge is 0.191 e. The predicted molar refractivity (Wildman–Crippen MR) is 101 cm³/mol. The van der Waals surface area contributed by atoms with Crippen molar-refractivity contribution < 1.29 is 4.74 Å². The molecule has 5 nitrogen and oxygen atoms in total. The minimum absolute atomic E-state index is 0.598. The average molecular weight is 347 g/mol. The molecule has 0 amide bonds. The Morgan fingerprint density at radius 3 is 2.79 bits per heavy atom.